The number of hydrogen-bond donors (Lipinski definition) is 0. The fraction of sp³-hybridized carbons (Fsp3) is 0.500. The Labute approximate surface area is 73.2 Å². The Morgan fingerprint density at radius 2 is 2.25 bits per heavy atom. The number of rotatable bonds is 1. The minimum absolute atomic E-state index is 0.624. The Kier molecular flexibility index (Phi) is 1.85. The van der Waals surface area contributed by atoms with E-state index in [-0.39, 0.29) is 0 Å². The van der Waals surface area contributed by atoms with Crippen molar-refractivity contribution in [2.45, 2.75) is 33.0 Å². The molecule has 2 nitrogen and oxygen atoms in total. The summed E-state index contributed by atoms with van der Waals surface area (Å²) in [5, 5.41) is 0. The Morgan fingerprint density at radius 3 is 2.92 bits per heavy atom. The smallest absolute Gasteiger partial charge is 0.0589 e. The highest BCUT2D eigenvalue weighted by Crippen LogP contribution is 2.21. The van der Waals surface area contributed by atoms with E-state index in [2.05, 4.69) is 29.8 Å². The van der Waals surface area contributed by atoms with Crippen LogP contribution in [-0.2, 0) is 13.1 Å². The molecule has 64 valence electrons. The van der Waals surface area contributed by atoms with Crippen molar-refractivity contribution in [3.8, 4) is 0 Å². The van der Waals surface area contributed by atoms with E-state index in [9.17, 15) is 0 Å². The Morgan fingerprint density at radius 1 is 1.42 bits per heavy atom. The van der Waals surface area contributed by atoms with Crippen LogP contribution in [0.15, 0.2) is 18.3 Å². The van der Waals surface area contributed by atoms with Crippen LogP contribution in [0.5, 0.6) is 0 Å². The molecule has 0 N–H and O–H groups in total. The number of hydrogen-bond acceptors (Lipinski definition) is 2. The predicted molar refractivity (Wildman–Crippen MR) is 48.6 cm³/mol. The summed E-state index contributed by atoms with van der Waals surface area (Å²) in [5.74, 6) is 0. The van der Waals surface area contributed by atoms with Crippen LogP contribution in [-0.4, -0.2) is 15.9 Å². The quantitative estimate of drug-likeness (QED) is 0.626. The summed E-state index contributed by atoms with van der Waals surface area (Å²) < 4.78 is 0. The first-order valence-electron chi connectivity index (χ1n) is 4.44. The fourth-order valence-electron chi connectivity index (χ4n) is 1.59. The lowest BCUT2D eigenvalue weighted by Crippen LogP contribution is -2.24. The second-order valence-electron chi connectivity index (χ2n) is 3.61. The van der Waals surface area contributed by atoms with Crippen molar-refractivity contribution in [2.24, 2.45) is 0 Å². The third-order valence-electron chi connectivity index (χ3n) is 2.44. The zero-order valence-electron chi connectivity index (χ0n) is 7.62. The van der Waals surface area contributed by atoms with Gasteiger partial charge < -0.3 is 0 Å². The molecular formula is C10H14N2. The standard InChI is InChI=1S/C10H14N2/c1-8(2)12-6-9-4-3-5-11-10(9)7-12/h3-5,8H,6-7H2,1-2H3. The SMILES string of the molecule is CC(C)N1Cc2cccnc2C1. The van der Waals surface area contributed by atoms with Crippen LogP contribution < -0.4 is 0 Å². The molecule has 1 aliphatic heterocycles. The van der Waals surface area contributed by atoms with Gasteiger partial charge in [-0.25, -0.2) is 0 Å². The summed E-state index contributed by atoms with van der Waals surface area (Å²) in [6.07, 6.45) is 1.88. The molecule has 1 aromatic rings. The molecule has 0 bridgehead atoms. The lowest BCUT2D eigenvalue weighted by atomic mass is 10.2. The highest BCUT2D eigenvalue weighted by atomic mass is 15.2. The van der Waals surface area contributed by atoms with Gasteiger partial charge in [0.25, 0.3) is 0 Å². The van der Waals surface area contributed by atoms with Gasteiger partial charge in [0, 0.05) is 25.3 Å². The van der Waals surface area contributed by atoms with Crippen LogP contribution in [0, 0.1) is 0 Å². The summed E-state index contributed by atoms with van der Waals surface area (Å²) in [5.41, 5.74) is 2.65. The van der Waals surface area contributed by atoms with E-state index in [4.69, 9.17) is 0 Å². The summed E-state index contributed by atoms with van der Waals surface area (Å²) in [4.78, 5) is 6.78. The van der Waals surface area contributed by atoms with Gasteiger partial charge in [0.2, 0.25) is 0 Å². The molecule has 2 heteroatoms. The monoisotopic (exact) mass is 162 g/mol. The average Bonchev–Trinajstić information content (AvgIpc) is 2.46. The minimum Gasteiger partial charge on any atom is -0.291 e. The Balaban J connectivity index is 2.22. The largest absolute Gasteiger partial charge is 0.291 e. The minimum atomic E-state index is 0.624. The van der Waals surface area contributed by atoms with Gasteiger partial charge >= 0.3 is 0 Å². The van der Waals surface area contributed by atoms with E-state index < -0.39 is 0 Å². The van der Waals surface area contributed by atoms with E-state index >= 15 is 0 Å². The van der Waals surface area contributed by atoms with E-state index in [1.54, 1.807) is 0 Å². The normalized spacial score (nSPS) is 16.9. The van der Waals surface area contributed by atoms with Gasteiger partial charge in [-0.05, 0) is 25.5 Å². The van der Waals surface area contributed by atoms with E-state index in [1.807, 2.05) is 12.3 Å². The van der Waals surface area contributed by atoms with Crippen LogP contribution in [0.2, 0.25) is 0 Å². The highest BCUT2D eigenvalue weighted by molar-refractivity contribution is 5.23. The maximum absolute atomic E-state index is 4.35. The number of pyridine rings is 1. The van der Waals surface area contributed by atoms with Gasteiger partial charge in [0.15, 0.2) is 0 Å². The summed E-state index contributed by atoms with van der Waals surface area (Å²) in [6, 6.07) is 4.81. The molecule has 1 aromatic heterocycles. The maximum Gasteiger partial charge on any atom is 0.0589 e. The first-order valence-corrected chi connectivity index (χ1v) is 4.44. The molecule has 12 heavy (non-hydrogen) atoms. The van der Waals surface area contributed by atoms with Crippen molar-refractivity contribution < 1.29 is 0 Å². The number of fused-ring (bicyclic) bond motifs is 1. The van der Waals surface area contributed by atoms with Gasteiger partial charge in [-0.3, -0.25) is 9.88 Å². The average molecular weight is 162 g/mol. The second kappa shape index (κ2) is 2.87. The van der Waals surface area contributed by atoms with Crippen LogP contribution in [0.1, 0.15) is 25.1 Å². The van der Waals surface area contributed by atoms with Crippen molar-refractivity contribution in [3.63, 3.8) is 0 Å². The third kappa shape index (κ3) is 1.23. The van der Waals surface area contributed by atoms with Crippen molar-refractivity contribution in [1.82, 2.24) is 9.88 Å². The Hall–Kier alpha value is -0.890. The molecule has 1 aliphatic rings. The van der Waals surface area contributed by atoms with Gasteiger partial charge in [-0.2, -0.15) is 0 Å². The van der Waals surface area contributed by atoms with Gasteiger partial charge in [-0.1, -0.05) is 6.07 Å². The van der Waals surface area contributed by atoms with Gasteiger partial charge in [0.05, 0.1) is 5.69 Å². The number of nitrogens with zero attached hydrogens (tertiary/aromatic N) is 2. The topological polar surface area (TPSA) is 16.1 Å². The summed E-state index contributed by atoms with van der Waals surface area (Å²) >= 11 is 0. The molecule has 0 amide bonds. The van der Waals surface area contributed by atoms with Crippen molar-refractivity contribution >= 4 is 0 Å². The molecule has 0 aromatic carbocycles. The molecular weight excluding hydrogens is 148 g/mol. The van der Waals surface area contributed by atoms with Crippen LogP contribution in [0.4, 0.5) is 0 Å². The van der Waals surface area contributed by atoms with Gasteiger partial charge in [-0.15, -0.1) is 0 Å². The highest BCUT2D eigenvalue weighted by Gasteiger charge is 2.20. The number of aromatic nitrogens is 1. The lowest BCUT2D eigenvalue weighted by Gasteiger charge is -2.18. The van der Waals surface area contributed by atoms with Crippen LogP contribution >= 0.6 is 0 Å². The molecule has 2 rings (SSSR count). The van der Waals surface area contributed by atoms with Crippen molar-refractivity contribution in [1.29, 1.82) is 0 Å². The zero-order valence-corrected chi connectivity index (χ0v) is 7.62. The molecule has 0 unspecified atom stereocenters. The summed E-state index contributed by atoms with van der Waals surface area (Å²) in [7, 11) is 0. The fourth-order valence-corrected chi connectivity index (χ4v) is 1.59. The molecule has 0 atom stereocenters. The van der Waals surface area contributed by atoms with Crippen LogP contribution in [0.25, 0.3) is 0 Å². The van der Waals surface area contributed by atoms with Gasteiger partial charge in [0.1, 0.15) is 0 Å². The first kappa shape index (κ1) is 7.74. The van der Waals surface area contributed by atoms with Crippen LogP contribution in [0.3, 0.4) is 0 Å². The predicted octanol–water partition coefficient (Wildman–Crippen LogP) is 1.81. The third-order valence-corrected chi connectivity index (χ3v) is 2.44. The molecule has 0 saturated carbocycles. The molecule has 0 spiro atoms. The van der Waals surface area contributed by atoms with Crippen molar-refractivity contribution in [2.75, 3.05) is 0 Å². The summed E-state index contributed by atoms with van der Waals surface area (Å²) in [6.45, 7) is 6.55. The maximum atomic E-state index is 4.35. The molecule has 0 fully saturated rings. The first-order chi connectivity index (χ1) is 5.77. The zero-order chi connectivity index (χ0) is 8.55. The molecule has 2 heterocycles. The van der Waals surface area contributed by atoms with Crippen molar-refractivity contribution in [3.05, 3.63) is 29.6 Å². The second-order valence-corrected chi connectivity index (χ2v) is 3.61. The van der Waals surface area contributed by atoms with E-state index in [1.165, 1.54) is 11.3 Å². The Bertz CT molecular complexity index is 256. The molecule has 0 aliphatic carbocycles. The lowest BCUT2D eigenvalue weighted by molar-refractivity contribution is 0.226. The molecule has 0 saturated heterocycles. The van der Waals surface area contributed by atoms with E-state index in [0.717, 1.165) is 13.1 Å². The van der Waals surface area contributed by atoms with E-state index in [0.29, 0.717) is 6.04 Å². The molecule has 0 radical (unpaired) electrons.